The van der Waals surface area contributed by atoms with Crippen molar-refractivity contribution in [3.63, 3.8) is 0 Å². The first-order chi connectivity index (χ1) is 14.0. The summed E-state index contributed by atoms with van der Waals surface area (Å²) in [5.41, 5.74) is 1.13. The van der Waals surface area contributed by atoms with E-state index < -0.39 is 10.0 Å². The maximum absolute atomic E-state index is 13.1. The first-order valence-corrected chi connectivity index (χ1v) is 12.7. The Labute approximate surface area is 176 Å². The Balaban J connectivity index is 1.56. The molecule has 1 saturated carbocycles. The predicted octanol–water partition coefficient (Wildman–Crippen LogP) is 3.58. The number of benzene rings is 1. The predicted molar refractivity (Wildman–Crippen MR) is 118 cm³/mol. The summed E-state index contributed by atoms with van der Waals surface area (Å²) in [5.74, 6) is 0.150. The van der Waals surface area contributed by atoms with Gasteiger partial charge in [0.1, 0.15) is 0 Å². The van der Waals surface area contributed by atoms with E-state index in [4.69, 9.17) is 5.41 Å². The normalized spacial score (nSPS) is 18.6. The second-order valence-electron chi connectivity index (χ2n) is 8.24. The average Bonchev–Trinajstić information content (AvgIpc) is 3.14. The molecule has 0 unspecified atom stereocenters. The van der Waals surface area contributed by atoms with Crippen molar-refractivity contribution in [2.24, 2.45) is 0 Å². The van der Waals surface area contributed by atoms with E-state index in [0.717, 1.165) is 37.9 Å². The number of guanidine groups is 1. The quantitative estimate of drug-likeness (QED) is 0.567. The Hall–Kier alpha value is -1.60. The minimum Gasteiger partial charge on any atom is -0.337 e. The van der Waals surface area contributed by atoms with Crippen molar-refractivity contribution in [2.75, 3.05) is 26.2 Å². The highest BCUT2D eigenvalue weighted by molar-refractivity contribution is 7.89. The number of rotatable bonds is 10. The molecular formula is C22H36N4O2S. The molecule has 0 aromatic heterocycles. The van der Waals surface area contributed by atoms with Gasteiger partial charge < -0.3 is 10.2 Å². The lowest BCUT2D eigenvalue weighted by Crippen LogP contribution is -2.42. The van der Waals surface area contributed by atoms with Gasteiger partial charge >= 0.3 is 0 Å². The van der Waals surface area contributed by atoms with E-state index in [1.54, 1.807) is 12.1 Å². The molecule has 6 nitrogen and oxygen atoms in total. The molecule has 1 aliphatic heterocycles. The van der Waals surface area contributed by atoms with Gasteiger partial charge in [-0.2, -0.15) is 0 Å². The standard InChI is InChI=1S/C22H36N4O2S/c1-2-3-7-15-24-16-14-19-10-12-21(13-11-19)29(27,28)26-18-17-25(22(26)23)20-8-5-4-6-9-20/h10-13,20,23-24H,2-9,14-18H2,1H3. The van der Waals surface area contributed by atoms with Crippen LogP contribution in [0.3, 0.4) is 0 Å². The van der Waals surface area contributed by atoms with Gasteiger partial charge in [0, 0.05) is 12.6 Å². The number of unbranched alkanes of at least 4 members (excludes halogenated alkanes) is 2. The Bertz CT molecular complexity index is 758. The van der Waals surface area contributed by atoms with Crippen molar-refractivity contribution in [2.45, 2.75) is 75.6 Å². The first kappa shape index (κ1) is 22.1. The molecule has 2 N–H and O–H groups in total. The van der Waals surface area contributed by atoms with Crippen molar-refractivity contribution >= 4 is 16.0 Å². The van der Waals surface area contributed by atoms with E-state index >= 15 is 0 Å². The van der Waals surface area contributed by atoms with Crippen LogP contribution in [0, 0.1) is 5.41 Å². The van der Waals surface area contributed by atoms with Crippen LogP contribution in [0.1, 0.15) is 63.9 Å². The van der Waals surface area contributed by atoms with Crippen LogP contribution in [0.5, 0.6) is 0 Å². The molecule has 0 amide bonds. The zero-order chi connectivity index (χ0) is 20.7. The molecule has 0 atom stereocenters. The Morgan fingerprint density at radius 3 is 2.45 bits per heavy atom. The van der Waals surface area contributed by atoms with Crippen LogP contribution < -0.4 is 5.32 Å². The highest BCUT2D eigenvalue weighted by Gasteiger charge is 2.38. The molecule has 0 spiro atoms. The summed E-state index contributed by atoms with van der Waals surface area (Å²) in [5, 5.41) is 11.9. The molecule has 0 bridgehead atoms. The third-order valence-corrected chi connectivity index (χ3v) is 7.93. The molecule has 7 heteroatoms. The molecule has 0 radical (unpaired) electrons. The summed E-state index contributed by atoms with van der Waals surface area (Å²) in [6, 6.07) is 7.51. The van der Waals surface area contributed by atoms with Gasteiger partial charge in [0.25, 0.3) is 10.0 Å². The summed E-state index contributed by atoms with van der Waals surface area (Å²) in [6.07, 6.45) is 10.3. The summed E-state index contributed by atoms with van der Waals surface area (Å²) >= 11 is 0. The van der Waals surface area contributed by atoms with Crippen LogP contribution in [-0.2, 0) is 16.4 Å². The fraction of sp³-hybridized carbons (Fsp3) is 0.682. The van der Waals surface area contributed by atoms with E-state index in [1.807, 2.05) is 17.0 Å². The molecule has 1 aromatic rings. The maximum atomic E-state index is 13.1. The summed E-state index contributed by atoms with van der Waals surface area (Å²) in [7, 11) is -3.66. The van der Waals surface area contributed by atoms with E-state index in [0.29, 0.717) is 19.1 Å². The fourth-order valence-electron chi connectivity index (χ4n) is 4.35. The summed E-state index contributed by atoms with van der Waals surface area (Å²) < 4.78 is 27.5. The van der Waals surface area contributed by atoms with Crippen LogP contribution in [-0.4, -0.2) is 55.8 Å². The molecule has 2 fully saturated rings. The van der Waals surface area contributed by atoms with Crippen LogP contribution in [0.2, 0.25) is 0 Å². The van der Waals surface area contributed by atoms with Gasteiger partial charge in [0.15, 0.2) is 0 Å². The van der Waals surface area contributed by atoms with Gasteiger partial charge in [0.05, 0.1) is 11.4 Å². The van der Waals surface area contributed by atoms with Gasteiger partial charge in [-0.15, -0.1) is 0 Å². The second-order valence-corrected chi connectivity index (χ2v) is 10.1. The largest absolute Gasteiger partial charge is 0.337 e. The molecule has 1 saturated heterocycles. The number of hydrogen-bond donors (Lipinski definition) is 2. The minimum atomic E-state index is -3.66. The average molecular weight is 421 g/mol. The highest BCUT2D eigenvalue weighted by Crippen LogP contribution is 2.28. The van der Waals surface area contributed by atoms with Gasteiger partial charge in [-0.1, -0.05) is 51.2 Å². The van der Waals surface area contributed by atoms with Crippen molar-refractivity contribution in [1.82, 2.24) is 14.5 Å². The molecule has 162 valence electrons. The molecule has 2 aliphatic rings. The summed E-state index contributed by atoms with van der Waals surface area (Å²) in [6.45, 7) is 5.15. The second kappa shape index (κ2) is 10.4. The lowest BCUT2D eigenvalue weighted by molar-refractivity contribution is 0.260. The van der Waals surface area contributed by atoms with Gasteiger partial charge in [-0.05, 0) is 56.5 Å². The molecular weight excluding hydrogens is 384 g/mol. The van der Waals surface area contributed by atoms with E-state index in [2.05, 4.69) is 12.2 Å². The van der Waals surface area contributed by atoms with Crippen LogP contribution in [0.15, 0.2) is 29.2 Å². The van der Waals surface area contributed by atoms with Gasteiger partial charge in [-0.3, -0.25) is 5.41 Å². The molecule has 29 heavy (non-hydrogen) atoms. The third-order valence-electron chi connectivity index (χ3n) is 6.13. The minimum absolute atomic E-state index is 0.150. The van der Waals surface area contributed by atoms with Crippen LogP contribution in [0.25, 0.3) is 0 Å². The first-order valence-electron chi connectivity index (χ1n) is 11.2. The SMILES string of the molecule is CCCCCNCCc1ccc(S(=O)(=O)N2CCN(C3CCCCC3)C2=N)cc1. The Morgan fingerprint density at radius 1 is 1.03 bits per heavy atom. The van der Waals surface area contributed by atoms with Crippen LogP contribution >= 0.6 is 0 Å². The lowest BCUT2D eigenvalue weighted by Gasteiger charge is -2.32. The molecule has 1 aromatic carbocycles. The zero-order valence-corrected chi connectivity index (χ0v) is 18.5. The molecule has 1 aliphatic carbocycles. The van der Waals surface area contributed by atoms with Crippen molar-refractivity contribution < 1.29 is 8.42 Å². The van der Waals surface area contributed by atoms with E-state index in [1.165, 1.54) is 42.8 Å². The zero-order valence-electron chi connectivity index (χ0n) is 17.7. The van der Waals surface area contributed by atoms with E-state index in [9.17, 15) is 8.42 Å². The van der Waals surface area contributed by atoms with Gasteiger partial charge in [0.2, 0.25) is 5.96 Å². The number of hydrogen-bond acceptors (Lipinski definition) is 4. The van der Waals surface area contributed by atoms with Crippen molar-refractivity contribution in [3.8, 4) is 0 Å². The highest BCUT2D eigenvalue weighted by atomic mass is 32.2. The third kappa shape index (κ3) is 5.51. The van der Waals surface area contributed by atoms with Crippen molar-refractivity contribution in [3.05, 3.63) is 29.8 Å². The Kier molecular flexibility index (Phi) is 7.95. The fourth-order valence-corrected chi connectivity index (χ4v) is 5.74. The monoisotopic (exact) mass is 420 g/mol. The smallest absolute Gasteiger partial charge is 0.266 e. The van der Waals surface area contributed by atoms with E-state index in [-0.39, 0.29) is 10.9 Å². The molecule has 1 heterocycles. The van der Waals surface area contributed by atoms with Gasteiger partial charge in [-0.25, -0.2) is 12.7 Å². The Morgan fingerprint density at radius 2 is 1.76 bits per heavy atom. The van der Waals surface area contributed by atoms with Crippen molar-refractivity contribution in [1.29, 1.82) is 5.41 Å². The molecule has 3 rings (SSSR count). The summed E-state index contributed by atoms with van der Waals surface area (Å²) in [4.78, 5) is 2.28. The number of sulfonamides is 1. The number of nitrogens with one attached hydrogen (secondary N) is 2. The maximum Gasteiger partial charge on any atom is 0.266 e. The number of nitrogens with zero attached hydrogens (tertiary/aromatic N) is 2. The lowest BCUT2D eigenvalue weighted by atomic mass is 9.94. The van der Waals surface area contributed by atoms with Crippen LogP contribution in [0.4, 0.5) is 0 Å². The topological polar surface area (TPSA) is 76.5 Å².